The number of hydrogen-bond acceptors (Lipinski definition) is 4. The van der Waals surface area contributed by atoms with Gasteiger partial charge in [0.2, 0.25) is 5.88 Å². The van der Waals surface area contributed by atoms with E-state index >= 15 is 0 Å². The summed E-state index contributed by atoms with van der Waals surface area (Å²) in [7, 11) is 0. The van der Waals surface area contributed by atoms with E-state index in [2.05, 4.69) is 4.98 Å². The molecule has 0 unspecified atom stereocenters. The quantitative estimate of drug-likeness (QED) is 0.844. The Kier molecular flexibility index (Phi) is 5.03. The summed E-state index contributed by atoms with van der Waals surface area (Å²) in [6, 6.07) is 13.8. The van der Waals surface area contributed by atoms with Gasteiger partial charge in [-0.05, 0) is 37.0 Å². The van der Waals surface area contributed by atoms with Crippen molar-refractivity contribution in [3.63, 3.8) is 0 Å². The van der Waals surface area contributed by atoms with Crippen LogP contribution in [0.25, 0.3) is 0 Å². The third-order valence-corrected chi connectivity index (χ3v) is 4.22. The molecule has 0 spiro atoms. The van der Waals surface area contributed by atoms with Crippen molar-refractivity contribution in [3.05, 3.63) is 59.8 Å². The number of benzene rings is 1. The monoisotopic (exact) mass is 311 g/mol. The molecule has 23 heavy (non-hydrogen) atoms. The van der Waals surface area contributed by atoms with Crippen molar-refractivity contribution < 1.29 is 14.3 Å². The Balaban J connectivity index is 1.59. The van der Waals surface area contributed by atoms with Gasteiger partial charge in [0, 0.05) is 24.8 Å². The second kappa shape index (κ2) is 7.38. The molecule has 0 aliphatic carbocycles. The standard InChI is InChI=1S/C19H21NO3/c1-14(21)16-9-10-22-18(11-16)17-7-8-19(20-12-17)23-13-15-5-3-2-4-6-15/h2-8,12,16,18H,9-11,13H2,1H3/t16-,18+/m0/s1. The van der Waals surface area contributed by atoms with Gasteiger partial charge in [0.25, 0.3) is 0 Å². The maximum atomic E-state index is 11.6. The lowest BCUT2D eigenvalue weighted by Gasteiger charge is -2.28. The third kappa shape index (κ3) is 4.17. The minimum Gasteiger partial charge on any atom is -0.473 e. The summed E-state index contributed by atoms with van der Waals surface area (Å²) in [5.41, 5.74) is 2.11. The van der Waals surface area contributed by atoms with Gasteiger partial charge in [0.15, 0.2) is 0 Å². The highest BCUT2D eigenvalue weighted by atomic mass is 16.5. The molecule has 4 nitrogen and oxygen atoms in total. The SMILES string of the molecule is CC(=O)[C@H]1CCO[C@@H](c2ccc(OCc3ccccc3)nc2)C1. The van der Waals surface area contributed by atoms with Crippen molar-refractivity contribution in [2.45, 2.75) is 32.5 Å². The van der Waals surface area contributed by atoms with E-state index in [9.17, 15) is 4.79 Å². The summed E-state index contributed by atoms with van der Waals surface area (Å²) >= 11 is 0. The highest BCUT2D eigenvalue weighted by Crippen LogP contribution is 2.32. The van der Waals surface area contributed by atoms with E-state index in [1.165, 1.54) is 0 Å². The normalized spacial score (nSPS) is 20.9. The first-order valence-electron chi connectivity index (χ1n) is 7.97. The second-order valence-corrected chi connectivity index (χ2v) is 5.90. The van der Waals surface area contributed by atoms with Gasteiger partial charge < -0.3 is 9.47 Å². The van der Waals surface area contributed by atoms with E-state index in [-0.39, 0.29) is 17.8 Å². The van der Waals surface area contributed by atoms with Gasteiger partial charge in [-0.25, -0.2) is 4.98 Å². The van der Waals surface area contributed by atoms with Crippen molar-refractivity contribution in [3.8, 4) is 5.88 Å². The molecule has 1 aliphatic rings. The fourth-order valence-corrected chi connectivity index (χ4v) is 2.80. The predicted molar refractivity (Wildman–Crippen MR) is 87.1 cm³/mol. The zero-order valence-corrected chi connectivity index (χ0v) is 13.3. The van der Waals surface area contributed by atoms with Crippen LogP contribution in [-0.2, 0) is 16.1 Å². The van der Waals surface area contributed by atoms with E-state index in [1.807, 2.05) is 42.5 Å². The molecule has 2 heterocycles. The fourth-order valence-electron chi connectivity index (χ4n) is 2.80. The molecule has 0 radical (unpaired) electrons. The lowest BCUT2D eigenvalue weighted by molar-refractivity contribution is -0.125. The van der Waals surface area contributed by atoms with E-state index in [4.69, 9.17) is 9.47 Å². The maximum absolute atomic E-state index is 11.6. The van der Waals surface area contributed by atoms with Crippen LogP contribution in [0.15, 0.2) is 48.7 Å². The highest BCUT2D eigenvalue weighted by molar-refractivity contribution is 5.78. The first-order valence-corrected chi connectivity index (χ1v) is 7.97. The average Bonchev–Trinajstić information content (AvgIpc) is 2.61. The minimum atomic E-state index is -0.0478. The molecular formula is C19H21NO3. The molecule has 1 aromatic heterocycles. The van der Waals surface area contributed by atoms with Crippen LogP contribution in [0.4, 0.5) is 0 Å². The number of Topliss-reactive ketones (excluding diaryl/α,β-unsaturated/α-hetero) is 1. The molecule has 3 rings (SSSR count). The minimum absolute atomic E-state index is 0.0478. The van der Waals surface area contributed by atoms with Crippen molar-refractivity contribution in [2.24, 2.45) is 5.92 Å². The first-order chi connectivity index (χ1) is 11.2. The van der Waals surface area contributed by atoms with Crippen molar-refractivity contribution in [2.75, 3.05) is 6.61 Å². The van der Waals surface area contributed by atoms with E-state index in [0.29, 0.717) is 19.1 Å². The number of ether oxygens (including phenoxy) is 2. The van der Waals surface area contributed by atoms with Gasteiger partial charge >= 0.3 is 0 Å². The van der Waals surface area contributed by atoms with Gasteiger partial charge in [0.1, 0.15) is 12.4 Å². The molecule has 120 valence electrons. The summed E-state index contributed by atoms with van der Waals surface area (Å²) in [6.45, 7) is 2.78. The molecule has 0 N–H and O–H groups in total. The van der Waals surface area contributed by atoms with Crippen LogP contribution in [0.2, 0.25) is 0 Å². The Morgan fingerprint density at radius 1 is 1.26 bits per heavy atom. The summed E-state index contributed by atoms with van der Waals surface area (Å²) < 4.78 is 11.5. The second-order valence-electron chi connectivity index (χ2n) is 5.90. The fraction of sp³-hybridized carbons (Fsp3) is 0.368. The van der Waals surface area contributed by atoms with E-state index in [1.54, 1.807) is 13.1 Å². The molecule has 0 amide bonds. The van der Waals surface area contributed by atoms with Crippen LogP contribution >= 0.6 is 0 Å². The van der Waals surface area contributed by atoms with Crippen molar-refractivity contribution in [1.29, 1.82) is 0 Å². The number of carbonyl (C=O) groups excluding carboxylic acids is 1. The Morgan fingerprint density at radius 2 is 2.09 bits per heavy atom. The molecule has 4 heteroatoms. The van der Waals surface area contributed by atoms with Crippen molar-refractivity contribution >= 4 is 5.78 Å². The van der Waals surface area contributed by atoms with Crippen LogP contribution in [0.1, 0.15) is 37.0 Å². The lowest BCUT2D eigenvalue weighted by atomic mass is 9.90. The molecule has 2 aromatic rings. The van der Waals surface area contributed by atoms with Gasteiger partial charge in [-0.2, -0.15) is 0 Å². The average molecular weight is 311 g/mol. The molecule has 2 atom stereocenters. The van der Waals surface area contributed by atoms with E-state index in [0.717, 1.165) is 24.0 Å². The summed E-state index contributed by atoms with van der Waals surface area (Å²) in [4.78, 5) is 15.9. The topological polar surface area (TPSA) is 48.4 Å². The maximum Gasteiger partial charge on any atom is 0.213 e. The van der Waals surface area contributed by atoms with Crippen molar-refractivity contribution in [1.82, 2.24) is 4.98 Å². The van der Waals surface area contributed by atoms with Crippen LogP contribution in [0.5, 0.6) is 5.88 Å². The zero-order chi connectivity index (χ0) is 16.1. The third-order valence-electron chi connectivity index (χ3n) is 4.22. The summed E-state index contributed by atoms with van der Waals surface area (Å²) in [6.07, 6.45) is 3.29. The Labute approximate surface area is 136 Å². The first kappa shape index (κ1) is 15.7. The number of aromatic nitrogens is 1. The number of nitrogens with zero attached hydrogens (tertiary/aromatic N) is 1. The molecular weight excluding hydrogens is 290 g/mol. The molecule has 1 saturated heterocycles. The van der Waals surface area contributed by atoms with Crippen LogP contribution < -0.4 is 4.74 Å². The van der Waals surface area contributed by atoms with Crippen LogP contribution in [0.3, 0.4) is 0 Å². The molecule has 0 saturated carbocycles. The van der Waals surface area contributed by atoms with Gasteiger partial charge in [-0.1, -0.05) is 30.3 Å². The molecule has 0 bridgehead atoms. The van der Waals surface area contributed by atoms with Crippen LogP contribution in [-0.4, -0.2) is 17.4 Å². The van der Waals surface area contributed by atoms with Gasteiger partial charge in [0.05, 0.1) is 6.10 Å². The molecule has 1 fully saturated rings. The van der Waals surface area contributed by atoms with E-state index < -0.39 is 0 Å². The molecule has 1 aliphatic heterocycles. The molecule has 1 aromatic carbocycles. The summed E-state index contributed by atoms with van der Waals surface area (Å²) in [5, 5.41) is 0. The Hall–Kier alpha value is -2.20. The Bertz CT molecular complexity index is 639. The number of rotatable bonds is 5. The number of ketones is 1. The lowest BCUT2D eigenvalue weighted by Crippen LogP contribution is -2.24. The number of pyridine rings is 1. The smallest absolute Gasteiger partial charge is 0.213 e. The van der Waals surface area contributed by atoms with Gasteiger partial charge in [-0.15, -0.1) is 0 Å². The largest absolute Gasteiger partial charge is 0.473 e. The Morgan fingerprint density at radius 3 is 2.78 bits per heavy atom. The predicted octanol–water partition coefficient (Wildman–Crippen LogP) is 3.72. The highest BCUT2D eigenvalue weighted by Gasteiger charge is 2.26. The van der Waals surface area contributed by atoms with Crippen LogP contribution in [0, 0.1) is 5.92 Å². The number of carbonyl (C=O) groups is 1. The summed E-state index contributed by atoms with van der Waals surface area (Å²) in [5.74, 6) is 0.938. The zero-order valence-electron chi connectivity index (χ0n) is 13.3. The number of hydrogen-bond donors (Lipinski definition) is 0. The van der Waals surface area contributed by atoms with Gasteiger partial charge in [-0.3, -0.25) is 4.79 Å².